The first-order valence-corrected chi connectivity index (χ1v) is 8.48. The van der Waals surface area contributed by atoms with E-state index in [9.17, 15) is 14.7 Å². The van der Waals surface area contributed by atoms with Gasteiger partial charge in [-0.25, -0.2) is 0 Å². The predicted molar refractivity (Wildman–Crippen MR) is 83.2 cm³/mol. The third-order valence-corrected chi connectivity index (χ3v) is 5.78. The van der Waals surface area contributed by atoms with Crippen LogP contribution in [-0.4, -0.2) is 40.1 Å². The molecule has 23 heavy (non-hydrogen) atoms. The van der Waals surface area contributed by atoms with Crippen molar-refractivity contribution in [3.8, 4) is 10.6 Å². The van der Waals surface area contributed by atoms with E-state index in [0.717, 1.165) is 11.3 Å². The Kier molecular flexibility index (Phi) is 3.26. The molecule has 2 aliphatic rings. The van der Waals surface area contributed by atoms with Crippen LogP contribution in [0.15, 0.2) is 22.0 Å². The van der Waals surface area contributed by atoms with Crippen LogP contribution in [0.1, 0.15) is 22.5 Å². The number of hydrogen-bond donors (Lipinski definition) is 1. The fourth-order valence-electron chi connectivity index (χ4n) is 3.65. The molecule has 0 spiro atoms. The Labute approximate surface area is 136 Å². The Morgan fingerprint density at radius 2 is 2.26 bits per heavy atom. The van der Waals surface area contributed by atoms with Gasteiger partial charge in [0.15, 0.2) is 0 Å². The molecule has 1 amide bonds. The number of aliphatic carboxylic acids is 1. The summed E-state index contributed by atoms with van der Waals surface area (Å²) in [5.74, 6) is -0.303. The molecule has 0 bridgehead atoms. The van der Waals surface area contributed by atoms with E-state index in [1.54, 1.807) is 11.8 Å². The number of aryl methyl sites for hydroxylation is 1. The van der Waals surface area contributed by atoms with Gasteiger partial charge in [-0.1, -0.05) is 11.2 Å². The molecule has 0 unspecified atom stereocenters. The lowest BCUT2D eigenvalue weighted by Gasteiger charge is -2.26. The Morgan fingerprint density at radius 3 is 2.96 bits per heavy atom. The Hall–Kier alpha value is -2.15. The number of piperidine rings is 1. The third-order valence-electron chi connectivity index (χ3n) is 4.90. The van der Waals surface area contributed by atoms with Crippen LogP contribution in [0.5, 0.6) is 0 Å². The number of amides is 1. The van der Waals surface area contributed by atoms with Crippen molar-refractivity contribution in [2.45, 2.75) is 13.3 Å². The summed E-state index contributed by atoms with van der Waals surface area (Å²) in [5, 5.41) is 15.2. The number of carbonyl (C=O) groups excluding carboxylic acids is 1. The topological polar surface area (TPSA) is 83.6 Å². The maximum atomic E-state index is 12.9. The number of nitrogens with zero attached hydrogens (tertiary/aromatic N) is 2. The molecule has 1 saturated heterocycles. The molecule has 1 saturated carbocycles. The quantitative estimate of drug-likeness (QED) is 0.933. The predicted octanol–water partition coefficient (Wildman–Crippen LogP) is 2.50. The van der Waals surface area contributed by atoms with Crippen molar-refractivity contribution in [2.24, 2.45) is 17.8 Å². The van der Waals surface area contributed by atoms with Gasteiger partial charge in [-0.3, -0.25) is 9.59 Å². The molecule has 3 heterocycles. The largest absolute Gasteiger partial charge is 0.481 e. The monoisotopic (exact) mass is 332 g/mol. The van der Waals surface area contributed by atoms with Gasteiger partial charge in [0.1, 0.15) is 17.0 Å². The second-order valence-electron chi connectivity index (χ2n) is 6.17. The molecule has 4 rings (SSSR count). The van der Waals surface area contributed by atoms with Crippen molar-refractivity contribution in [1.29, 1.82) is 0 Å². The number of fused-ring (bicyclic) bond motifs is 1. The fourth-order valence-corrected chi connectivity index (χ4v) is 4.36. The van der Waals surface area contributed by atoms with Gasteiger partial charge in [0, 0.05) is 13.1 Å². The van der Waals surface area contributed by atoms with Crippen molar-refractivity contribution in [3.05, 3.63) is 28.8 Å². The van der Waals surface area contributed by atoms with E-state index in [1.807, 2.05) is 17.5 Å². The normalized spacial score (nSPS) is 26.0. The van der Waals surface area contributed by atoms with Crippen LogP contribution in [0.4, 0.5) is 0 Å². The lowest BCUT2D eigenvalue weighted by molar-refractivity contribution is -0.139. The van der Waals surface area contributed by atoms with Gasteiger partial charge in [-0.05, 0) is 36.6 Å². The minimum absolute atomic E-state index is 0.0931. The Morgan fingerprint density at radius 1 is 1.43 bits per heavy atom. The lowest BCUT2D eigenvalue weighted by Crippen LogP contribution is -2.37. The number of hydrogen-bond acceptors (Lipinski definition) is 5. The highest BCUT2D eigenvalue weighted by Crippen LogP contribution is 2.52. The summed E-state index contributed by atoms with van der Waals surface area (Å²) >= 11 is 1.51. The van der Waals surface area contributed by atoms with Gasteiger partial charge >= 0.3 is 5.97 Å². The summed E-state index contributed by atoms with van der Waals surface area (Å²) in [6.07, 6.45) is 0.756. The summed E-state index contributed by atoms with van der Waals surface area (Å²) in [6, 6.07) is 3.82. The Balaban J connectivity index is 1.59. The van der Waals surface area contributed by atoms with Crippen LogP contribution < -0.4 is 0 Å². The van der Waals surface area contributed by atoms with Gasteiger partial charge in [-0.2, -0.15) is 0 Å². The van der Waals surface area contributed by atoms with Crippen LogP contribution in [0.2, 0.25) is 0 Å². The molecular weight excluding hydrogens is 316 g/mol. The van der Waals surface area contributed by atoms with E-state index in [0.29, 0.717) is 30.1 Å². The second kappa shape index (κ2) is 5.19. The van der Waals surface area contributed by atoms with Crippen molar-refractivity contribution in [3.63, 3.8) is 0 Å². The number of thiophene rings is 1. The molecule has 1 N–H and O–H groups in total. The number of carboxylic acids is 1. The molecule has 2 aromatic heterocycles. The maximum Gasteiger partial charge on any atom is 0.307 e. The standard InChI is InChI=1S/C16H16N2O4S/c1-8-12(14(17-22-8)11-3-2-6-23-11)15(19)18-5-4-9-10(7-18)13(9)16(20)21/h2-3,6,9-10,13H,4-5,7H2,1H3,(H,20,21)/t9-,10+,13-/m0/s1. The number of likely N-dealkylation sites (tertiary alicyclic amines) is 1. The average Bonchev–Trinajstić information content (AvgIpc) is 2.85. The minimum Gasteiger partial charge on any atom is -0.481 e. The van der Waals surface area contributed by atoms with Crippen LogP contribution in [0, 0.1) is 24.7 Å². The van der Waals surface area contributed by atoms with E-state index in [-0.39, 0.29) is 23.7 Å². The average molecular weight is 332 g/mol. The first-order chi connectivity index (χ1) is 11.1. The summed E-state index contributed by atoms with van der Waals surface area (Å²) in [5.41, 5.74) is 1.08. The Bertz CT molecular complexity index is 767. The zero-order chi connectivity index (χ0) is 16.1. The molecule has 0 aromatic carbocycles. The highest BCUT2D eigenvalue weighted by Gasteiger charge is 2.57. The van der Waals surface area contributed by atoms with E-state index in [2.05, 4.69) is 5.16 Å². The molecule has 1 aliphatic heterocycles. The third kappa shape index (κ3) is 2.26. The highest BCUT2D eigenvalue weighted by atomic mass is 32.1. The van der Waals surface area contributed by atoms with Crippen molar-refractivity contribution < 1.29 is 19.2 Å². The highest BCUT2D eigenvalue weighted by molar-refractivity contribution is 7.13. The number of carboxylic acid groups (broad SMARTS) is 1. The molecule has 6 nitrogen and oxygen atoms in total. The smallest absolute Gasteiger partial charge is 0.307 e. The fraction of sp³-hybridized carbons (Fsp3) is 0.438. The van der Waals surface area contributed by atoms with Crippen LogP contribution in [0.3, 0.4) is 0 Å². The van der Waals surface area contributed by atoms with E-state index in [1.165, 1.54) is 11.3 Å². The minimum atomic E-state index is -0.741. The van der Waals surface area contributed by atoms with Crippen LogP contribution in [0.25, 0.3) is 10.6 Å². The van der Waals surface area contributed by atoms with Crippen molar-refractivity contribution in [1.82, 2.24) is 10.1 Å². The van der Waals surface area contributed by atoms with E-state index >= 15 is 0 Å². The van der Waals surface area contributed by atoms with Gasteiger partial charge < -0.3 is 14.5 Å². The van der Waals surface area contributed by atoms with E-state index < -0.39 is 5.97 Å². The SMILES string of the molecule is Cc1onc(-c2cccs2)c1C(=O)N1CC[C@H]2[C@@H](C1)[C@H]2C(=O)O. The molecule has 0 radical (unpaired) electrons. The van der Waals surface area contributed by atoms with Gasteiger partial charge in [0.05, 0.1) is 10.8 Å². The summed E-state index contributed by atoms with van der Waals surface area (Å²) in [7, 11) is 0. The molecule has 7 heteroatoms. The molecule has 2 fully saturated rings. The first kappa shape index (κ1) is 14.4. The maximum absolute atomic E-state index is 12.9. The summed E-state index contributed by atoms with van der Waals surface area (Å²) < 4.78 is 5.24. The summed E-state index contributed by atoms with van der Waals surface area (Å²) in [6.45, 7) is 2.84. The molecule has 3 atom stereocenters. The molecule has 2 aromatic rings. The lowest BCUT2D eigenvalue weighted by atomic mass is 10.1. The second-order valence-corrected chi connectivity index (χ2v) is 7.12. The van der Waals surface area contributed by atoms with Crippen LogP contribution in [-0.2, 0) is 4.79 Å². The molecule has 120 valence electrons. The molecule has 1 aliphatic carbocycles. The molecular formula is C16H16N2O4S. The number of carbonyl (C=O) groups is 2. The first-order valence-electron chi connectivity index (χ1n) is 7.60. The van der Waals surface area contributed by atoms with E-state index in [4.69, 9.17) is 4.52 Å². The van der Waals surface area contributed by atoms with Crippen molar-refractivity contribution >= 4 is 23.2 Å². The number of aromatic nitrogens is 1. The zero-order valence-corrected chi connectivity index (χ0v) is 13.4. The van der Waals surface area contributed by atoms with Gasteiger partial charge in [0.2, 0.25) is 0 Å². The van der Waals surface area contributed by atoms with Crippen LogP contribution >= 0.6 is 11.3 Å². The van der Waals surface area contributed by atoms with Crippen molar-refractivity contribution in [2.75, 3.05) is 13.1 Å². The number of rotatable bonds is 3. The summed E-state index contributed by atoms with van der Waals surface area (Å²) in [4.78, 5) is 26.7. The zero-order valence-electron chi connectivity index (χ0n) is 12.6. The van der Waals surface area contributed by atoms with Gasteiger partial charge in [-0.15, -0.1) is 11.3 Å². The van der Waals surface area contributed by atoms with Gasteiger partial charge in [0.25, 0.3) is 5.91 Å².